The highest BCUT2D eigenvalue weighted by atomic mass is 16.3. The third-order valence-corrected chi connectivity index (χ3v) is 2.78. The lowest BCUT2D eigenvalue weighted by molar-refractivity contribution is -0.125. The van der Waals surface area contributed by atoms with Gasteiger partial charge in [-0.2, -0.15) is 0 Å². The summed E-state index contributed by atoms with van der Waals surface area (Å²) in [5, 5.41) is 9.41. The predicted octanol–water partition coefficient (Wildman–Crippen LogP) is 3.68. The molecular weight excluding hydrogens is 252 g/mol. The molecule has 0 fully saturated rings. The molecule has 0 amide bonds. The van der Waals surface area contributed by atoms with Crippen molar-refractivity contribution in [3.8, 4) is 5.75 Å². The summed E-state index contributed by atoms with van der Waals surface area (Å²) in [6.45, 7) is 7.72. The molecule has 0 unspecified atom stereocenters. The Balaban J connectivity index is 2.59. The third kappa shape index (κ3) is 5.83. The minimum atomic E-state index is -0.190. The normalized spacial score (nSPS) is 11.8. The van der Waals surface area contributed by atoms with Crippen LogP contribution < -0.4 is 0 Å². The molecular formula is C17H22O3. The molecule has 0 saturated heterocycles. The van der Waals surface area contributed by atoms with Crippen LogP contribution >= 0.6 is 0 Å². The van der Waals surface area contributed by atoms with Gasteiger partial charge in [-0.05, 0) is 41.7 Å². The zero-order chi connectivity index (χ0) is 15.3. The maximum atomic E-state index is 11.7. The largest absolute Gasteiger partial charge is 0.508 e. The van der Waals surface area contributed by atoms with Gasteiger partial charge in [-0.15, -0.1) is 0 Å². The Morgan fingerprint density at radius 1 is 1.25 bits per heavy atom. The molecule has 0 aromatic heterocycles. The summed E-state index contributed by atoms with van der Waals surface area (Å²) in [5.74, 6) is 0.00727. The fraction of sp³-hybridized carbons (Fsp3) is 0.412. The van der Waals surface area contributed by atoms with Crippen molar-refractivity contribution in [2.45, 2.75) is 40.5 Å². The highest BCUT2D eigenvalue weighted by molar-refractivity contribution is 6.06. The van der Waals surface area contributed by atoms with Crippen LogP contribution in [0.3, 0.4) is 0 Å². The molecule has 0 atom stereocenters. The number of aromatic hydroxyl groups is 1. The van der Waals surface area contributed by atoms with Gasteiger partial charge in [0, 0.05) is 6.42 Å². The predicted molar refractivity (Wildman–Crippen MR) is 80.6 cm³/mol. The number of phenolic OH excluding ortho intramolecular Hbond substituents is 1. The number of phenols is 1. The number of ketones is 2. The first kappa shape index (κ1) is 16.2. The Morgan fingerprint density at radius 2 is 1.90 bits per heavy atom. The highest BCUT2D eigenvalue weighted by Gasteiger charge is 2.17. The van der Waals surface area contributed by atoms with Crippen LogP contribution in [0.15, 0.2) is 24.3 Å². The van der Waals surface area contributed by atoms with Crippen molar-refractivity contribution in [1.29, 1.82) is 0 Å². The van der Waals surface area contributed by atoms with Crippen molar-refractivity contribution in [2.24, 2.45) is 5.41 Å². The summed E-state index contributed by atoms with van der Waals surface area (Å²) in [7, 11) is 0. The average Bonchev–Trinajstić information content (AvgIpc) is 2.28. The second kappa shape index (κ2) is 6.51. The van der Waals surface area contributed by atoms with E-state index in [9.17, 15) is 14.7 Å². The first-order valence-electron chi connectivity index (χ1n) is 6.69. The first-order valence-corrected chi connectivity index (χ1v) is 6.69. The number of rotatable bonds is 5. The summed E-state index contributed by atoms with van der Waals surface area (Å²) in [6.07, 6.45) is 3.45. The number of allylic oxidation sites excluding steroid dienone is 1. The summed E-state index contributed by atoms with van der Waals surface area (Å²) >= 11 is 0. The zero-order valence-electron chi connectivity index (χ0n) is 12.6. The Hall–Kier alpha value is -1.90. The standard InChI is InChI=1S/C17H22O3/c1-12-9-13(6-8-16(12)20)5-7-14(18)10-15(19)11-17(2,3)4/h5-9,20H,10-11H2,1-4H3/b7-5+. The summed E-state index contributed by atoms with van der Waals surface area (Å²) in [5.41, 5.74) is 1.50. The van der Waals surface area contributed by atoms with Crippen LogP contribution in [0.1, 0.15) is 44.7 Å². The SMILES string of the molecule is Cc1cc(/C=C/C(=O)CC(=O)CC(C)(C)C)ccc1O. The lowest BCUT2D eigenvalue weighted by Crippen LogP contribution is -2.15. The van der Waals surface area contributed by atoms with E-state index in [0.717, 1.165) is 11.1 Å². The fourth-order valence-corrected chi connectivity index (χ4v) is 1.88. The molecule has 0 aliphatic rings. The van der Waals surface area contributed by atoms with E-state index in [0.29, 0.717) is 6.42 Å². The van der Waals surface area contributed by atoms with E-state index in [1.807, 2.05) is 20.8 Å². The van der Waals surface area contributed by atoms with E-state index in [1.54, 1.807) is 31.2 Å². The van der Waals surface area contributed by atoms with Gasteiger partial charge in [-0.1, -0.05) is 32.9 Å². The van der Waals surface area contributed by atoms with E-state index < -0.39 is 0 Å². The van der Waals surface area contributed by atoms with Gasteiger partial charge < -0.3 is 5.11 Å². The second-order valence-corrected chi connectivity index (χ2v) is 6.30. The van der Waals surface area contributed by atoms with Crippen molar-refractivity contribution in [2.75, 3.05) is 0 Å². The maximum Gasteiger partial charge on any atom is 0.163 e. The van der Waals surface area contributed by atoms with Gasteiger partial charge in [-0.25, -0.2) is 0 Å². The first-order chi connectivity index (χ1) is 9.17. The second-order valence-electron chi connectivity index (χ2n) is 6.30. The van der Waals surface area contributed by atoms with E-state index in [2.05, 4.69) is 0 Å². The van der Waals surface area contributed by atoms with Gasteiger partial charge in [-0.3, -0.25) is 9.59 Å². The molecule has 0 aliphatic carbocycles. The van der Waals surface area contributed by atoms with Gasteiger partial charge in [0.05, 0.1) is 6.42 Å². The van der Waals surface area contributed by atoms with Crippen LogP contribution in [0.2, 0.25) is 0 Å². The lowest BCUT2D eigenvalue weighted by atomic mass is 9.88. The molecule has 20 heavy (non-hydrogen) atoms. The molecule has 0 spiro atoms. The van der Waals surface area contributed by atoms with Crippen molar-refractivity contribution in [1.82, 2.24) is 0 Å². The number of aryl methyl sites for hydroxylation is 1. The van der Waals surface area contributed by atoms with Gasteiger partial charge in [0.2, 0.25) is 0 Å². The Bertz CT molecular complexity index is 534. The Morgan fingerprint density at radius 3 is 2.45 bits per heavy atom. The van der Waals surface area contributed by atoms with Crippen molar-refractivity contribution >= 4 is 17.6 Å². The minimum Gasteiger partial charge on any atom is -0.508 e. The quantitative estimate of drug-likeness (QED) is 0.658. The molecule has 0 aliphatic heterocycles. The fourth-order valence-electron chi connectivity index (χ4n) is 1.88. The average molecular weight is 274 g/mol. The van der Waals surface area contributed by atoms with Crippen molar-refractivity contribution in [3.63, 3.8) is 0 Å². The van der Waals surface area contributed by atoms with Crippen LogP contribution in [0, 0.1) is 12.3 Å². The van der Waals surface area contributed by atoms with Crippen LogP contribution in [-0.2, 0) is 9.59 Å². The summed E-state index contributed by atoms with van der Waals surface area (Å²) in [4.78, 5) is 23.4. The lowest BCUT2D eigenvalue weighted by Gasteiger charge is -2.15. The molecule has 1 aromatic carbocycles. The number of benzene rings is 1. The van der Waals surface area contributed by atoms with Crippen molar-refractivity contribution in [3.05, 3.63) is 35.4 Å². The van der Waals surface area contributed by atoms with Crippen LogP contribution in [0.5, 0.6) is 5.75 Å². The van der Waals surface area contributed by atoms with Gasteiger partial charge in [0.25, 0.3) is 0 Å². The topological polar surface area (TPSA) is 54.4 Å². The summed E-state index contributed by atoms with van der Waals surface area (Å²) < 4.78 is 0. The monoisotopic (exact) mass is 274 g/mol. The number of carbonyl (C=O) groups excluding carboxylic acids is 2. The van der Waals surface area contributed by atoms with Crippen molar-refractivity contribution < 1.29 is 14.7 Å². The highest BCUT2D eigenvalue weighted by Crippen LogP contribution is 2.20. The Kier molecular flexibility index (Phi) is 5.26. The van der Waals surface area contributed by atoms with E-state index in [4.69, 9.17) is 0 Å². The molecule has 1 aromatic rings. The maximum absolute atomic E-state index is 11.7. The molecule has 3 heteroatoms. The van der Waals surface area contributed by atoms with Crippen LogP contribution in [-0.4, -0.2) is 16.7 Å². The molecule has 3 nitrogen and oxygen atoms in total. The molecule has 0 radical (unpaired) electrons. The molecule has 0 saturated carbocycles. The number of hydrogen-bond donors (Lipinski definition) is 1. The number of hydrogen-bond acceptors (Lipinski definition) is 3. The minimum absolute atomic E-state index is 0.0333. The molecule has 1 rings (SSSR count). The zero-order valence-corrected chi connectivity index (χ0v) is 12.6. The number of carbonyl (C=O) groups is 2. The van der Waals surface area contributed by atoms with Gasteiger partial charge in [0.1, 0.15) is 11.5 Å². The van der Waals surface area contributed by atoms with E-state index in [1.165, 1.54) is 6.08 Å². The van der Waals surface area contributed by atoms with E-state index in [-0.39, 0.29) is 29.2 Å². The Labute approximate surface area is 120 Å². The van der Waals surface area contributed by atoms with E-state index >= 15 is 0 Å². The summed E-state index contributed by atoms with van der Waals surface area (Å²) in [6, 6.07) is 5.10. The number of Topliss-reactive ketones (excluding diaryl/α,β-unsaturated/α-hetero) is 1. The molecule has 108 valence electrons. The van der Waals surface area contributed by atoms with Crippen LogP contribution in [0.25, 0.3) is 6.08 Å². The molecule has 1 N–H and O–H groups in total. The molecule has 0 bridgehead atoms. The van der Waals surface area contributed by atoms with Crippen LogP contribution in [0.4, 0.5) is 0 Å². The smallest absolute Gasteiger partial charge is 0.163 e. The van der Waals surface area contributed by atoms with Gasteiger partial charge in [0.15, 0.2) is 5.78 Å². The third-order valence-electron chi connectivity index (χ3n) is 2.78. The van der Waals surface area contributed by atoms with Gasteiger partial charge >= 0.3 is 0 Å². The molecule has 0 heterocycles.